The molecule has 0 aliphatic carbocycles. The van der Waals surface area contributed by atoms with E-state index in [0.717, 1.165) is 5.56 Å². The molecule has 0 bridgehead atoms. The van der Waals surface area contributed by atoms with Crippen LogP contribution in [0.1, 0.15) is 64.5 Å². The van der Waals surface area contributed by atoms with E-state index >= 15 is 0 Å². The van der Waals surface area contributed by atoms with Crippen LogP contribution in [0.3, 0.4) is 0 Å². The van der Waals surface area contributed by atoms with Gasteiger partial charge in [-0.3, -0.25) is 4.79 Å². The summed E-state index contributed by atoms with van der Waals surface area (Å²) in [4.78, 5) is 28.0. The number of rotatable bonds is 7. The number of esters is 1. The van der Waals surface area contributed by atoms with Crippen LogP contribution in [0.25, 0.3) is 0 Å². The summed E-state index contributed by atoms with van der Waals surface area (Å²) in [6.07, 6.45) is 0. The van der Waals surface area contributed by atoms with Gasteiger partial charge in [-0.25, -0.2) is 4.79 Å². The normalized spacial score (nSPS) is 13.3. The van der Waals surface area contributed by atoms with Crippen molar-refractivity contribution in [3.63, 3.8) is 0 Å². The first-order chi connectivity index (χ1) is 11.9. The molecule has 1 aromatic heterocycles. The number of carbonyl (C=O) groups excluding carboxylic acids is 2. The van der Waals surface area contributed by atoms with Gasteiger partial charge < -0.3 is 15.0 Å². The molecule has 0 aliphatic rings. The standard InChI is InChI=1S/C20H26N2O3/c1-6-25-20(24)17-12(2)18(22-14(17)4)19(23)15(5)21-13(3)16-10-8-7-9-11-16/h7-11,13,15,21-22H,6H2,1-5H3/t13-,15-/m1/s1. The predicted octanol–water partition coefficient (Wildman–Crippen LogP) is 3.73. The van der Waals surface area contributed by atoms with E-state index in [0.29, 0.717) is 29.1 Å². The second-order valence-corrected chi connectivity index (χ2v) is 6.23. The van der Waals surface area contributed by atoms with Gasteiger partial charge in [0.15, 0.2) is 5.78 Å². The lowest BCUT2D eigenvalue weighted by atomic mass is 10.0. The van der Waals surface area contributed by atoms with Gasteiger partial charge in [-0.2, -0.15) is 0 Å². The number of aryl methyl sites for hydroxylation is 1. The number of carbonyl (C=O) groups is 2. The molecule has 2 rings (SSSR count). The zero-order chi connectivity index (χ0) is 18.6. The lowest BCUT2D eigenvalue weighted by molar-refractivity contribution is 0.0525. The van der Waals surface area contributed by atoms with E-state index < -0.39 is 5.97 Å². The maximum absolute atomic E-state index is 12.8. The van der Waals surface area contributed by atoms with Gasteiger partial charge >= 0.3 is 5.97 Å². The zero-order valence-electron chi connectivity index (χ0n) is 15.5. The van der Waals surface area contributed by atoms with Crippen molar-refractivity contribution in [1.29, 1.82) is 0 Å². The first-order valence-corrected chi connectivity index (χ1v) is 8.58. The van der Waals surface area contributed by atoms with Crippen LogP contribution >= 0.6 is 0 Å². The second kappa shape index (κ2) is 8.12. The second-order valence-electron chi connectivity index (χ2n) is 6.23. The van der Waals surface area contributed by atoms with E-state index in [1.807, 2.05) is 44.2 Å². The van der Waals surface area contributed by atoms with Crippen molar-refractivity contribution in [2.45, 2.75) is 46.7 Å². The molecule has 134 valence electrons. The van der Waals surface area contributed by atoms with Gasteiger partial charge in [0.05, 0.1) is 23.9 Å². The lowest BCUT2D eigenvalue weighted by Crippen LogP contribution is -2.36. The van der Waals surface area contributed by atoms with Gasteiger partial charge in [0.25, 0.3) is 0 Å². The highest BCUT2D eigenvalue weighted by molar-refractivity contribution is 6.03. The molecule has 2 atom stereocenters. The molecule has 2 aromatic rings. The highest BCUT2D eigenvalue weighted by Gasteiger charge is 2.26. The van der Waals surface area contributed by atoms with Crippen molar-refractivity contribution >= 4 is 11.8 Å². The fourth-order valence-electron chi connectivity index (χ4n) is 3.01. The summed E-state index contributed by atoms with van der Waals surface area (Å²) in [5, 5.41) is 3.32. The Labute approximate surface area is 148 Å². The van der Waals surface area contributed by atoms with Gasteiger partial charge in [0.1, 0.15) is 0 Å². The van der Waals surface area contributed by atoms with Crippen molar-refractivity contribution < 1.29 is 14.3 Å². The van der Waals surface area contributed by atoms with Gasteiger partial charge in [0.2, 0.25) is 0 Å². The fourth-order valence-corrected chi connectivity index (χ4v) is 3.01. The summed E-state index contributed by atoms with van der Waals surface area (Å²) < 4.78 is 5.08. The van der Waals surface area contributed by atoms with Crippen LogP contribution in [0.4, 0.5) is 0 Å². The number of ketones is 1. The smallest absolute Gasteiger partial charge is 0.340 e. The van der Waals surface area contributed by atoms with Crippen LogP contribution in [0.5, 0.6) is 0 Å². The lowest BCUT2D eigenvalue weighted by Gasteiger charge is -2.19. The fraction of sp³-hybridized carbons (Fsp3) is 0.400. The van der Waals surface area contributed by atoms with Crippen molar-refractivity contribution in [1.82, 2.24) is 10.3 Å². The van der Waals surface area contributed by atoms with Crippen LogP contribution in [-0.4, -0.2) is 29.4 Å². The quantitative estimate of drug-likeness (QED) is 0.594. The average molecular weight is 342 g/mol. The first-order valence-electron chi connectivity index (χ1n) is 8.58. The molecule has 1 heterocycles. The molecule has 5 nitrogen and oxygen atoms in total. The molecule has 0 saturated carbocycles. The molecule has 0 unspecified atom stereocenters. The van der Waals surface area contributed by atoms with Crippen LogP contribution < -0.4 is 5.32 Å². The summed E-state index contributed by atoms with van der Waals surface area (Å²) >= 11 is 0. The maximum atomic E-state index is 12.8. The molecule has 0 saturated heterocycles. The first kappa shape index (κ1) is 18.9. The van der Waals surface area contributed by atoms with E-state index in [4.69, 9.17) is 4.74 Å². The minimum Gasteiger partial charge on any atom is -0.462 e. The van der Waals surface area contributed by atoms with E-state index in [-0.39, 0.29) is 17.9 Å². The minimum atomic E-state index is -0.397. The molecule has 0 aliphatic heterocycles. The third-order valence-electron chi connectivity index (χ3n) is 4.36. The predicted molar refractivity (Wildman–Crippen MR) is 98.0 cm³/mol. The summed E-state index contributed by atoms with van der Waals surface area (Å²) in [5.74, 6) is -0.468. The largest absolute Gasteiger partial charge is 0.462 e. The Morgan fingerprint density at radius 2 is 1.80 bits per heavy atom. The van der Waals surface area contributed by atoms with E-state index in [1.54, 1.807) is 20.8 Å². The number of benzene rings is 1. The van der Waals surface area contributed by atoms with Gasteiger partial charge in [-0.05, 0) is 45.7 Å². The van der Waals surface area contributed by atoms with E-state index in [1.165, 1.54) is 0 Å². The Balaban J connectivity index is 2.17. The van der Waals surface area contributed by atoms with Crippen LogP contribution in [0.15, 0.2) is 30.3 Å². The number of Topliss-reactive ketones (excluding diaryl/α,β-unsaturated/α-hetero) is 1. The van der Waals surface area contributed by atoms with Crippen molar-refractivity contribution in [2.75, 3.05) is 6.61 Å². The Hall–Kier alpha value is -2.40. The monoisotopic (exact) mass is 342 g/mol. The van der Waals surface area contributed by atoms with Crippen LogP contribution in [-0.2, 0) is 4.74 Å². The number of hydrogen-bond acceptors (Lipinski definition) is 4. The highest BCUT2D eigenvalue weighted by atomic mass is 16.5. The van der Waals surface area contributed by atoms with Crippen molar-refractivity contribution in [3.05, 3.63) is 58.4 Å². The van der Waals surface area contributed by atoms with Gasteiger partial charge in [-0.1, -0.05) is 30.3 Å². The summed E-state index contributed by atoms with van der Waals surface area (Å²) in [7, 11) is 0. The van der Waals surface area contributed by atoms with E-state index in [2.05, 4.69) is 10.3 Å². The third-order valence-corrected chi connectivity index (χ3v) is 4.36. The molecule has 25 heavy (non-hydrogen) atoms. The molecular weight excluding hydrogens is 316 g/mol. The average Bonchev–Trinajstić information content (AvgIpc) is 2.89. The third kappa shape index (κ3) is 4.17. The van der Waals surface area contributed by atoms with Crippen LogP contribution in [0, 0.1) is 13.8 Å². The molecular formula is C20H26N2O3. The Morgan fingerprint density at radius 3 is 2.40 bits per heavy atom. The minimum absolute atomic E-state index is 0.0426. The van der Waals surface area contributed by atoms with E-state index in [9.17, 15) is 9.59 Å². The maximum Gasteiger partial charge on any atom is 0.340 e. The van der Waals surface area contributed by atoms with Gasteiger partial charge in [0, 0.05) is 11.7 Å². The molecule has 0 fully saturated rings. The Kier molecular flexibility index (Phi) is 6.15. The van der Waals surface area contributed by atoms with Crippen LogP contribution in [0.2, 0.25) is 0 Å². The molecule has 5 heteroatoms. The zero-order valence-corrected chi connectivity index (χ0v) is 15.5. The topological polar surface area (TPSA) is 71.2 Å². The number of aromatic amines is 1. The highest BCUT2D eigenvalue weighted by Crippen LogP contribution is 2.21. The van der Waals surface area contributed by atoms with Gasteiger partial charge in [-0.15, -0.1) is 0 Å². The number of aromatic nitrogens is 1. The summed E-state index contributed by atoms with van der Waals surface area (Å²) in [6.45, 7) is 9.48. The number of ether oxygens (including phenoxy) is 1. The molecule has 2 N–H and O–H groups in total. The number of hydrogen-bond donors (Lipinski definition) is 2. The number of nitrogens with one attached hydrogen (secondary N) is 2. The molecule has 0 spiro atoms. The Bertz CT molecular complexity index is 750. The van der Waals surface area contributed by atoms with Crippen molar-refractivity contribution in [3.8, 4) is 0 Å². The SMILES string of the molecule is CCOC(=O)c1c(C)[nH]c(C(=O)[C@@H](C)N[C@H](C)c2ccccc2)c1C. The molecule has 0 radical (unpaired) electrons. The molecule has 0 amide bonds. The van der Waals surface area contributed by atoms with Crippen molar-refractivity contribution in [2.24, 2.45) is 0 Å². The Morgan fingerprint density at radius 1 is 1.16 bits per heavy atom. The summed E-state index contributed by atoms with van der Waals surface area (Å²) in [6, 6.07) is 9.62. The summed E-state index contributed by atoms with van der Waals surface area (Å²) in [5.41, 5.74) is 3.33. The molecule has 1 aromatic carbocycles. The number of H-pyrrole nitrogens is 1.